The second-order valence-electron chi connectivity index (χ2n) is 8.14. The van der Waals surface area contributed by atoms with Crippen LogP contribution in [0, 0.1) is 19.3 Å². The maximum atomic E-state index is 12.1. The first-order valence-electron chi connectivity index (χ1n) is 8.23. The second-order valence-corrected chi connectivity index (χ2v) is 8.14. The van der Waals surface area contributed by atoms with Gasteiger partial charge in [-0.25, -0.2) is 0 Å². The molecule has 0 bridgehead atoms. The van der Waals surface area contributed by atoms with Crippen LogP contribution in [0.25, 0.3) is 0 Å². The molecule has 0 spiro atoms. The van der Waals surface area contributed by atoms with E-state index in [1.807, 2.05) is 34.6 Å². The monoisotopic (exact) mass is 304 g/mol. The first kappa shape index (κ1) is 18.7. The molecule has 1 aromatic rings. The molecule has 0 aromatic heterocycles. The summed E-state index contributed by atoms with van der Waals surface area (Å²) in [6.07, 6.45) is 1.87. The number of esters is 1. The molecule has 0 N–H and O–H groups in total. The predicted molar refractivity (Wildman–Crippen MR) is 93.2 cm³/mol. The van der Waals surface area contributed by atoms with Crippen molar-refractivity contribution in [2.75, 3.05) is 0 Å². The van der Waals surface area contributed by atoms with E-state index in [4.69, 9.17) is 4.74 Å². The minimum Gasteiger partial charge on any atom is -0.459 e. The van der Waals surface area contributed by atoms with Crippen molar-refractivity contribution in [3.8, 4) is 0 Å². The van der Waals surface area contributed by atoms with Crippen molar-refractivity contribution in [3.63, 3.8) is 0 Å². The Hall–Kier alpha value is -1.31. The van der Waals surface area contributed by atoms with Crippen LogP contribution in [0.4, 0.5) is 0 Å². The Balaban J connectivity index is 2.70. The summed E-state index contributed by atoms with van der Waals surface area (Å²) in [7, 11) is 0. The van der Waals surface area contributed by atoms with Gasteiger partial charge in [0.15, 0.2) is 0 Å². The highest BCUT2D eigenvalue weighted by atomic mass is 16.6. The summed E-state index contributed by atoms with van der Waals surface area (Å²) in [5.74, 6) is 0.339. The summed E-state index contributed by atoms with van der Waals surface area (Å²) in [5.41, 5.74) is 3.25. The fraction of sp³-hybridized carbons (Fsp3) is 0.650. The van der Waals surface area contributed by atoms with E-state index in [2.05, 4.69) is 39.0 Å². The van der Waals surface area contributed by atoms with E-state index in [0.29, 0.717) is 5.92 Å². The highest BCUT2D eigenvalue weighted by Crippen LogP contribution is 2.31. The zero-order valence-corrected chi connectivity index (χ0v) is 15.5. The van der Waals surface area contributed by atoms with Gasteiger partial charge in [0, 0.05) is 0 Å². The summed E-state index contributed by atoms with van der Waals surface area (Å²) in [6.45, 7) is 16.3. The number of hydrogen-bond acceptors (Lipinski definition) is 2. The fourth-order valence-corrected chi connectivity index (χ4v) is 2.77. The zero-order chi connectivity index (χ0) is 17.1. The first-order chi connectivity index (χ1) is 9.94. The van der Waals surface area contributed by atoms with Gasteiger partial charge in [-0.3, -0.25) is 4.79 Å². The van der Waals surface area contributed by atoms with Gasteiger partial charge in [0.25, 0.3) is 0 Å². The van der Waals surface area contributed by atoms with E-state index < -0.39 is 11.0 Å². The molecule has 0 saturated carbocycles. The smallest absolute Gasteiger partial charge is 0.311 e. The molecule has 1 aromatic carbocycles. The van der Waals surface area contributed by atoms with Crippen molar-refractivity contribution in [2.24, 2.45) is 5.41 Å². The van der Waals surface area contributed by atoms with Gasteiger partial charge in [0.1, 0.15) is 5.60 Å². The highest BCUT2D eigenvalue weighted by molar-refractivity contribution is 5.75. The van der Waals surface area contributed by atoms with Crippen LogP contribution in [0.5, 0.6) is 0 Å². The van der Waals surface area contributed by atoms with Crippen molar-refractivity contribution in [1.29, 1.82) is 0 Å². The molecule has 0 saturated heterocycles. The molecule has 2 nitrogen and oxygen atoms in total. The Bertz CT molecular complexity index is 501. The van der Waals surface area contributed by atoms with Crippen LogP contribution >= 0.6 is 0 Å². The lowest BCUT2D eigenvalue weighted by Gasteiger charge is -2.30. The maximum absolute atomic E-state index is 12.1. The summed E-state index contributed by atoms with van der Waals surface area (Å²) in [6, 6.07) is 6.45. The Morgan fingerprint density at radius 3 is 2.05 bits per heavy atom. The minimum atomic E-state index is -0.449. The van der Waals surface area contributed by atoms with Crippen molar-refractivity contribution < 1.29 is 9.53 Å². The lowest BCUT2D eigenvalue weighted by Crippen LogP contribution is -2.34. The standard InChI is InChI=1S/C20H32O2/c1-14-10-9-11-15(2)17(14)16(3)12-13-20(7,8)22-18(21)19(4,5)6/h9-11,16H,12-13H2,1-8H3. The van der Waals surface area contributed by atoms with Gasteiger partial charge in [-0.2, -0.15) is 0 Å². The molecule has 22 heavy (non-hydrogen) atoms. The third kappa shape index (κ3) is 5.15. The van der Waals surface area contributed by atoms with Crippen LogP contribution in [0.1, 0.15) is 77.0 Å². The molecule has 2 heteroatoms. The number of aryl methyl sites for hydroxylation is 2. The molecule has 0 heterocycles. The van der Waals surface area contributed by atoms with E-state index in [0.717, 1.165) is 12.8 Å². The number of rotatable bonds is 5. The summed E-state index contributed by atoms with van der Waals surface area (Å²) < 4.78 is 5.71. The molecule has 124 valence electrons. The Morgan fingerprint density at radius 1 is 1.09 bits per heavy atom. The third-order valence-electron chi connectivity index (χ3n) is 4.20. The second kappa shape index (κ2) is 6.85. The van der Waals surface area contributed by atoms with Gasteiger partial charge in [0.05, 0.1) is 5.41 Å². The lowest BCUT2D eigenvalue weighted by atomic mass is 9.86. The summed E-state index contributed by atoms with van der Waals surface area (Å²) in [5, 5.41) is 0. The van der Waals surface area contributed by atoms with Gasteiger partial charge in [-0.15, -0.1) is 0 Å². The van der Waals surface area contributed by atoms with E-state index in [1.54, 1.807) is 0 Å². The average Bonchev–Trinajstić information content (AvgIpc) is 2.34. The first-order valence-corrected chi connectivity index (χ1v) is 8.23. The number of carbonyl (C=O) groups is 1. The van der Waals surface area contributed by atoms with E-state index >= 15 is 0 Å². The zero-order valence-electron chi connectivity index (χ0n) is 15.5. The van der Waals surface area contributed by atoms with Gasteiger partial charge >= 0.3 is 5.97 Å². The molecular formula is C20H32O2. The summed E-state index contributed by atoms with van der Waals surface area (Å²) in [4.78, 5) is 12.1. The highest BCUT2D eigenvalue weighted by Gasteiger charge is 2.30. The molecule has 0 fully saturated rings. The quantitative estimate of drug-likeness (QED) is 0.666. The Morgan fingerprint density at radius 2 is 1.59 bits per heavy atom. The topological polar surface area (TPSA) is 26.3 Å². The molecule has 0 radical (unpaired) electrons. The molecule has 0 aliphatic heterocycles. The van der Waals surface area contributed by atoms with Crippen LogP contribution in [-0.4, -0.2) is 11.6 Å². The van der Waals surface area contributed by atoms with Crippen LogP contribution in [0.15, 0.2) is 18.2 Å². The van der Waals surface area contributed by atoms with Gasteiger partial charge in [-0.05, 0) is 83.9 Å². The number of benzene rings is 1. The van der Waals surface area contributed by atoms with Gasteiger partial charge in [0.2, 0.25) is 0 Å². The Kier molecular flexibility index (Phi) is 5.83. The molecule has 0 aliphatic rings. The molecule has 0 aliphatic carbocycles. The minimum absolute atomic E-state index is 0.128. The van der Waals surface area contributed by atoms with Crippen LogP contribution < -0.4 is 0 Å². The van der Waals surface area contributed by atoms with Crippen LogP contribution in [0.2, 0.25) is 0 Å². The normalized spacial score (nSPS) is 13.8. The summed E-state index contributed by atoms with van der Waals surface area (Å²) >= 11 is 0. The van der Waals surface area contributed by atoms with Crippen molar-refractivity contribution in [3.05, 3.63) is 34.9 Å². The fourth-order valence-electron chi connectivity index (χ4n) is 2.77. The molecule has 1 unspecified atom stereocenters. The largest absolute Gasteiger partial charge is 0.459 e. The molecular weight excluding hydrogens is 272 g/mol. The van der Waals surface area contributed by atoms with Crippen molar-refractivity contribution in [1.82, 2.24) is 0 Å². The molecule has 0 amide bonds. The SMILES string of the molecule is Cc1cccc(C)c1C(C)CCC(C)(C)OC(=O)C(C)(C)C. The molecule has 1 rings (SSSR count). The number of hydrogen-bond donors (Lipinski definition) is 0. The van der Waals surface area contributed by atoms with Crippen molar-refractivity contribution >= 4 is 5.97 Å². The maximum Gasteiger partial charge on any atom is 0.311 e. The lowest BCUT2D eigenvalue weighted by molar-refractivity contribution is -0.167. The van der Waals surface area contributed by atoms with Gasteiger partial charge < -0.3 is 4.74 Å². The van der Waals surface area contributed by atoms with E-state index in [9.17, 15) is 4.79 Å². The third-order valence-corrected chi connectivity index (χ3v) is 4.20. The van der Waals surface area contributed by atoms with Crippen LogP contribution in [0.3, 0.4) is 0 Å². The average molecular weight is 304 g/mol. The van der Waals surface area contributed by atoms with E-state index in [1.165, 1.54) is 16.7 Å². The molecule has 1 atom stereocenters. The number of ether oxygens (including phenoxy) is 1. The predicted octanol–water partition coefficient (Wildman–Crippen LogP) is 5.56. The van der Waals surface area contributed by atoms with Crippen LogP contribution in [-0.2, 0) is 9.53 Å². The Labute approximate surface area is 136 Å². The van der Waals surface area contributed by atoms with E-state index in [-0.39, 0.29) is 5.97 Å². The van der Waals surface area contributed by atoms with Crippen molar-refractivity contribution in [2.45, 2.75) is 79.8 Å². The number of carbonyl (C=O) groups excluding carboxylic acids is 1. The van der Waals surface area contributed by atoms with Gasteiger partial charge in [-0.1, -0.05) is 25.1 Å².